The van der Waals surface area contributed by atoms with Gasteiger partial charge in [0.1, 0.15) is 0 Å². The molecule has 15 heavy (non-hydrogen) atoms. The van der Waals surface area contributed by atoms with E-state index >= 15 is 0 Å². The second-order valence-corrected chi connectivity index (χ2v) is 3.76. The maximum absolute atomic E-state index is 13.4. The number of halogens is 2. The summed E-state index contributed by atoms with van der Waals surface area (Å²) in [6.45, 7) is 0.644. The third-order valence-corrected chi connectivity index (χ3v) is 2.41. The number of nitrogens with two attached hydrogens (primary N) is 1. The number of unbranched alkanes of at least 4 members (excludes halogenated alkanes) is 1. The van der Waals surface area contributed by atoms with E-state index in [1.165, 1.54) is 13.2 Å². The van der Waals surface area contributed by atoms with Gasteiger partial charge in [0.2, 0.25) is 0 Å². The minimum absolute atomic E-state index is 0.288. The van der Waals surface area contributed by atoms with Gasteiger partial charge in [-0.05, 0) is 43.5 Å². The lowest BCUT2D eigenvalue weighted by atomic mass is 10.1. The van der Waals surface area contributed by atoms with Crippen LogP contribution in [-0.2, 0) is 6.42 Å². The first-order chi connectivity index (χ1) is 7.19. The average molecular weight is 232 g/mol. The van der Waals surface area contributed by atoms with Crippen LogP contribution < -0.4 is 10.5 Å². The van der Waals surface area contributed by atoms with E-state index in [0.717, 1.165) is 24.8 Å². The zero-order chi connectivity index (χ0) is 11.3. The fourth-order valence-corrected chi connectivity index (χ4v) is 1.72. The van der Waals surface area contributed by atoms with Crippen LogP contribution in [0.3, 0.4) is 0 Å². The van der Waals surface area contributed by atoms with Crippen molar-refractivity contribution < 1.29 is 9.13 Å². The van der Waals surface area contributed by atoms with Crippen molar-refractivity contribution in [3.05, 3.63) is 28.5 Å². The fourth-order valence-electron chi connectivity index (χ4n) is 1.49. The van der Waals surface area contributed by atoms with Crippen molar-refractivity contribution in [1.29, 1.82) is 0 Å². The van der Waals surface area contributed by atoms with Crippen LogP contribution in [0.15, 0.2) is 12.1 Å². The molecule has 1 aromatic carbocycles. The average Bonchev–Trinajstić information content (AvgIpc) is 2.17. The van der Waals surface area contributed by atoms with Crippen LogP contribution in [0.4, 0.5) is 4.39 Å². The predicted molar refractivity (Wildman–Crippen MR) is 60.0 cm³/mol. The van der Waals surface area contributed by atoms with Crippen molar-refractivity contribution in [3.8, 4) is 5.75 Å². The maximum Gasteiger partial charge on any atom is 0.166 e. The Morgan fingerprint density at radius 2 is 2.13 bits per heavy atom. The molecule has 0 bridgehead atoms. The number of aryl methyl sites for hydroxylation is 1. The van der Waals surface area contributed by atoms with Crippen LogP contribution in [0.2, 0.25) is 5.02 Å². The Morgan fingerprint density at radius 3 is 2.73 bits per heavy atom. The molecule has 0 fully saturated rings. The summed E-state index contributed by atoms with van der Waals surface area (Å²) in [5, 5.41) is 0.399. The second-order valence-electron chi connectivity index (χ2n) is 3.33. The monoisotopic (exact) mass is 231 g/mol. The molecule has 0 aromatic heterocycles. The normalized spacial score (nSPS) is 10.4. The lowest BCUT2D eigenvalue weighted by molar-refractivity contribution is 0.381. The van der Waals surface area contributed by atoms with E-state index in [1.807, 2.05) is 0 Å². The number of hydrogen-bond donors (Lipinski definition) is 1. The highest BCUT2D eigenvalue weighted by molar-refractivity contribution is 6.30. The highest BCUT2D eigenvalue weighted by Gasteiger charge is 2.10. The smallest absolute Gasteiger partial charge is 0.166 e. The molecule has 0 unspecified atom stereocenters. The van der Waals surface area contributed by atoms with Gasteiger partial charge in [0.25, 0.3) is 0 Å². The first-order valence-electron chi connectivity index (χ1n) is 4.91. The second kappa shape index (κ2) is 5.93. The number of rotatable bonds is 5. The van der Waals surface area contributed by atoms with Gasteiger partial charge < -0.3 is 10.5 Å². The number of ether oxygens (including phenoxy) is 1. The van der Waals surface area contributed by atoms with E-state index in [4.69, 9.17) is 22.1 Å². The molecule has 2 nitrogen and oxygen atoms in total. The molecule has 1 rings (SSSR count). The van der Waals surface area contributed by atoms with E-state index in [-0.39, 0.29) is 5.75 Å². The molecule has 0 radical (unpaired) electrons. The Hall–Kier alpha value is -0.800. The topological polar surface area (TPSA) is 35.2 Å². The predicted octanol–water partition coefficient (Wildman–Crippen LogP) is 2.77. The summed E-state index contributed by atoms with van der Waals surface area (Å²) in [6, 6.07) is 2.99. The molecular weight excluding hydrogens is 217 g/mol. The summed E-state index contributed by atoms with van der Waals surface area (Å²) >= 11 is 5.77. The Labute approximate surface area is 94.2 Å². The van der Waals surface area contributed by atoms with Gasteiger partial charge in [-0.1, -0.05) is 11.6 Å². The Balaban J connectivity index is 2.84. The van der Waals surface area contributed by atoms with E-state index in [0.29, 0.717) is 11.6 Å². The number of methoxy groups -OCH3 is 1. The van der Waals surface area contributed by atoms with Crippen molar-refractivity contribution in [1.82, 2.24) is 0 Å². The van der Waals surface area contributed by atoms with Crippen LogP contribution >= 0.6 is 11.6 Å². The molecule has 0 aliphatic heterocycles. The third kappa shape index (κ3) is 3.36. The molecule has 0 amide bonds. The van der Waals surface area contributed by atoms with Crippen LogP contribution in [0, 0.1) is 5.82 Å². The lowest BCUT2D eigenvalue weighted by Crippen LogP contribution is -2.01. The maximum atomic E-state index is 13.4. The molecule has 0 atom stereocenters. The van der Waals surface area contributed by atoms with Crippen LogP contribution in [0.5, 0.6) is 5.75 Å². The Bertz CT molecular complexity index is 331. The zero-order valence-electron chi connectivity index (χ0n) is 8.72. The fraction of sp³-hybridized carbons (Fsp3) is 0.455. The summed E-state index contributed by atoms with van der Waals surface area (Å²) in [4.78, 5) is 0. The standard InChI is InChI=1S/C11H15ClFNO/c1-15-11-8(4-2-3-5-14)6-9(12)7-10(11)13/h6-7H,2-5,14H2,1H3. The van der Waals surface area contributed by atoms with Crippen LogP contribution in [0.25, 0.3) is 0 Å². The molecular formula is C11H15ClFNO. The molecule has 2 N–H and O–H groups in total. The van der Waals surface area contributed by atoms with Crippen molar-refractivity contribution in [2.45, 2.75) is 19.3 Å². The van der Waals surface area contributed by atoms with Crippen molar-refractivity contribution in [2.24, 2.45) is 5.73 Å². The highest BCUT2D eigenvalue weighted by atomic mass is 35.5. The van der Waals surface area contributed by atoms with Crippen LogP contribution in [-0.4, -0.2) is 13.7 Å². The highest BCUT2D eigenvalue weighted by Crippen LogP contribution is 2.27. The van der Waals surface area contributed by atoms with Gasteiger partial charge in [-0.2, -0.15) is 0 Å². The zero-order valence-corrected chi connectivity index (χ0v) is 9.48. The van der Waals surface area contributed by atoms with Gasteiger partial charge in [0.15, 0.2) is 11.6 Å². The minimum atomic E-state index is -0.409. The van der Waals surface area contributed by atoms with Gasteiger partial charge in [-0.3, -0.25) is 0 Å². The summed E-state index contributed by atoms with van der Waals surface area (Å²) in [5.74, 6) is -0.121. The quantitative estimate of drug-likeness (QED) is 0.791. The largest absolute Gasteiger partial charge is 0.493 e. The Kier molecular flexibility index (Phi) is 4.85. The first kappa shape index (κ1) is 12.3. The molecule has 0 heterocycles. The van der Waals surface area contributed by atoms with Gasteiger partial charge in [0.05, 0.1) is 7.11 Å². The molecule has 0 aliphatic rings. The molecule has 84 valence electrons. The van der Waals surface area contributed by atoms with Crippen molar-refractivity contribution in [2.75, 3.05) is 13.7 Å². The van der Waals surface area contributed by atoms with Gasteiger partial charge in [-0.15, -0.1) is 0 Å². The van der Waals surface area contributed by atoms with Crippen molar-refractivity contribution in [3.63, 3.8) is 0 Å². The molecule has 1 aromatic rings. The summed E-state index contributed by atoms with van der Waals surface area (Å²) in [6.07, 6.45) is 2.56. The molecule has 0 aliphatic carbocycles. The number of benzene rings is 1. The summed E-state index contributed by atoms with van der Waals surface area (Å²) in [5.41, 5.74) is 6.19. The SMILES string of the molecule is COc1c(F)cc(Cl)cc1CCCCN. The summed E-state index contributed by atoms with van der Waals surface area (Å²) in [7, 11) is 1.46. The van der Waals surface area contributed by atoms with Crippen molar-refractivity contribution >= 4 is 11.6 Å². The molecule has 0 saturated carbocycles. The van der Waals surface area contributed by atoms with E-state index in [9.17, 15) is 4.39 Å². The van der Waals surface area contributed by atoms with E-state index in [2.05, 4.69) is 0 Å². The van der Waals surface area contributed by atoms with Gasteiger partial charge in [-0.25, -0.2) is 4.39 Å². The third-order valence-electron chi connectivity index (χ3n) is 2.19. The molecule has 0 spiro atoms. The Morgan fingerprint density at radius 1 is 1.40 bits per heavy atom. The molecule has 0 saturated heterocycles. The summed E-state index contributed by atoms with van der Waals surface area (Å²) < 4.78 is 18.4. The van der Waals surface area contributed by atoms with Gasteiger partial charge >= 0.3 is 0 Å². The van der Waals surface area contributed by atoms with Gasteiger partial charge in [0, 0.05) is 5.02 Å². The lowest BCUT2D eigenvalue weighted by Gasteiger charge is -2.09. The molecule has 4 heteroatoms. The van der Waals surface area contributed by atoms with E-state index < -0.39 is 5.82 Å². The minimum Gasteiger partial charge on any atom is -0.493 e. The number of hydrogen-bond acceptors (Lipinski definition) is 2. The first-order valence-corrected chi connectivity index (χ1v) is 5.28. The van der Waals surface area contributed by atoms with Crippen LogP contribution in [0.1, 0.15) is 18.4 Å². The van der Waals surface area contributed by atoms with E-state index in [1.54, 1.807) is 6.07 Å².